The normalized spacial score (nSPS) is 22.8. The van der Waals surface area contributed by atoms with Crippen LogP contribution < -0.4 is 19.9 Å². The van der Waals surface area contributed by atoms with Gasteiger partial charge in [-0.3, -0.25) is 39.1 Å². The Morgan fingerprint density at radius 2 is 1.62 bits per heavy atom. The first-order chi connectivity index (χ1) is 27.9. The number of nitrogens with one attached hydrogen (secondary N) is 1. The summed E-state index contributed by atoms with van der Waals surface area (Å²) in [6.45, 7) is 11.6. The van der Waals surface area contributed by atoms with Gasteiger partial charge in [-0.05, 0) is 73.7 Å². The Hall–Kier alpha value is -5.45. The molecular formula is C44H48ClN7O6. The maximum absolute atomic E-state index is 13.6. The number of piperidine rings is 3. The van der Waals surface area contributed by atoms with Gasteiger partial charge in [0.05, 0.1) is 27.4 Å². The largest absolute Gasteiger partial charge is 0.490 e. The van der Waals surface area contributed by atoms with Crippen LogP contribution in [0.4, 0.5) is 11.4 Å². The number of rotatable bonds is 8. The van der Waals surface area contributed by atoms with E-state index in [1.165, 1.54) is 0 Å². The van der Waals surface area contributed by atoms with Crippen molar-refractivity contribution in [3.05, 3.63) is 87.9 Å². The molecule has 0 aliphatic carbocycles. The summed E-state index contributed by atoms with van der Waals surface area (Å²) >= 11 is 6.23. The van der Waals surface area contributed by atoms with Crippen molar-refractivity contribution in [3.8, 4) is 11.8 Å². The van der Waals surface area contributed by atoms with Crippen LogP contribution in [0.15, 0.2) is 60.7 Å². The Morgan fingerprint density at radius 3 is 2.29 bits per heavy atom. The van der Waals surface area contributed by atoms with E-state index in [2.05, 4.69) is 52.1 Å². The monoisotopic (exact) mass is 805 g/mol. The van der Waals surface area contributed by atoms with Gasteiger partial charge in [0.15, 0.2) is 0 Å². The quantitative estimate of drug-likeness (QED) is 0.310. The number of anilines is 2. The van der Waals surface area contributed by atoms with Crippen LogP contribution in [0.3, 0.4) is 0 Å². The van der Waals surface area contributed by atoms with Gasteiger partial charge in [0.25, 0.3) is 17.7 Å². The van der Waals surface area contributed by atoms with Crippen LogP contribution in [0.25, 0.3) is 0 Å². The molecule has 3 aromatic carbocycles. The van der Waals surface area contributed by atoms with E-state index >= 15 is 0 Å². The van der Waals surface area contributed by atoms with Crippen molar-refractivity contribution >= 4 is 52.5 Å². The van der Waals surface area contributed by atoms with Crippen LogP contribution in [0.1, 0.15) is 82.6 Å². The van der Waals surface area contributed by atoms with Crippen molar-refractivity contribution in [1.82, 2.24) is 20.0 Å². The lowest BCUT2D eigenvalue weighted by Crippen LogP contribution is -2.54. The van der Waals surface area contributed by atoms with E-state index in [9.17, 15) is 29.2 Å². The fourth-order valence-electron chi connectivity index (χ4n) is 9.22. The van der Waals surface area contributed by atoms with E-state index in [4.69, 9.17) is 16.3 Å². The summed E-state index contributed by atoms with van der Waals surface area (Å²) in [4.78, 5) is 74.9. The zero-order chi connectivity index (χ0) is 40.7. The number of ether oxygens (including phenoxy) is 1. The Morgan fingerprint density at radius 1 is 0.879 bits per heavy atom. The van der Waals surface area contributed by atoms with E-state index in [1.807, 2.05) is 23.1 Å². The van der Waals surface area contributed by atoms with Crippen LogP contribution in [-0.4, -0.2) is 115 Å². The molecule has 5 aliphatic rings. The average Bonchev–Trinajstić information content (AvgIpc) is 3.47. The zero-order valence-corrected chi connectivity index (χ0v) is 33.7. The van der Waals surface area contributed by atoms with Gasteiger partial charge in [-0.1, -0.05) is 31.5 Å². The summed E-state index contributed by atoms with van der Waals surface area (Å²) in [6.07, 6.45) is 2.73. The first-order valence-corrected chi connectivity index (χ1v) is 20.6. The van der Waals surface area contributed by atoms with Gasteiger partial charge in [-0.25, -0.2) is 0 Å². The minimum absolute atomic E-state index is 0.0151. The average molecular weight is 806 g/mol. The molecule has 0 spiro atoms. The summed E-state index contributed by atoms with van der Waals surface area (Å²) in [5.41, 5.74) is 3.29. The number of hydrogen-bond acceptors (Lipinski definition) is 10. The minimum atomic E-state index is -0.981. The lowest BCUT2D eigenvalue weighted by Gasteiger charge is -2.44. The summed E-state index contributed by atoms with van der Waals surface area (Å²) in [6, 6.07) is 19.5. The highest BCUT2D eigenvalue weighted by molar-refractivity contribution is 6.31. The Kier molecular flexibility index (Phi) is 10.9. The number of imide groups is 2. The molecule has 5 aliphatic heterocycles. The Bertz CT molecular complexity index is 2170. The molecule has 4 saturated heterocycles. The number of halogens is 1. The smallest absolute Gasteiger partial charge is 0.264 e. The molecule has 0 aromatic heterocycles. The number of fused-ring (bicyclic) bond motifs is 1. The highest BCUT2D eigenvalue weighted by Gasteiger charge is 2.46. The Labute approximate surface area is 343 Å². The summed E-state index contributed by atoms with van der Waals surface area (Å²) in [5, 5.41) is 11.8. The number of carbonyl (C=O) groups is 5. The molecule has 302 valence electrons. The fraction of sp³-hybridized carbons (Fsp3) is 0.455. The highest BCUT2D eigenvalue weighted by atomic mass is 35.5. The number of piperazine rings is 1. The summed E-state index contributed by atoms with van der Waals surface area (Å²) in [5.74, 6) is -0.795. The molecule has 2 atom stereocenters. The van der Waals surface area contributed by atoms with E-state index in [-0.39, 0.29) is 30.3 Å². The second-order valence-corrected chi connectivity index (χ2v) is 17.2. The van der Waals surface area contributed by atoms with E-state index < -0.39 is 29.7 Å². The molecule has 13 nitrogen and oxygen atoms in total. The predicted molar refractivity (Wildman–Crippen MR) is 218 cm³/mol. The second-order valence-electron chi connectivity index (χ2n) is 16.8. The first-order valence-electron chi connectivity index (χ1n) is 20.2. The maximum atomic E-state index is 13.6. The molecule has 1 N–H and O–H groups in total. The molecule has 5 heterocycles. The molecular weight excluding hydrogens is 758 g/mol. The number of nitrogens with zero attached hydrogens (tertiary/aromatic N) is 6. The number of amides is 5. The van der Waals surface area contributed by atoms with Crippen molar-refractivity contribution in [2.24, 2.45) is 11.3 Å². The van der Waals surface area contributed by atoms with Crippen molar-refractivity contribution in [1.29, 1.82) is 5.26 Å². The molecule has 0 radical (unpaired) electrons. The first kappa shape index (κ1) is 39.4. The van der Waals surface area contributed by atoms with Crippen LogP contribution in [0, 0.1) is 22.7 Å². The van der Waals surface area contributed by atoms with Crippen molar-refractivity contribution < 1.29 is 28.7 Å². The second kappa shape index (κ2) is 16.1. The van der Waals surface area contributed by atoms with E-state index in [0.29, 0.717) is 58.5 Å². The third-order valence-electron chi connectivity index (χ3n) is 12.5. The van der Waals surface area contributed by atoms with Gasteiger partial charge >= 0.3 is 0 Å². The van der Waals surface area contributed by atoms with Gasteiger partial charge in [0.2, 0.25) is 11.8 Å². The molecule has 4 fully saturated rings. The number of hydrogen-bond donors (Lipinski definition) is 1. The van der Waals surface area contributed by atoms with E-state index in [1.54, 1.807) is 30.3 Å². The topological polar surface area (TPSA) is 147 Å². The fourth-order valence-corrected chi connectivity index (χ4v) is 9.43. The van der Waals surface area contributed by atoms with Gasteiger partial charge in [0.1, 0.15) is 24.0 Å². The molecule has 0 bridgehead atoms. The van der Waals surface area contributed by atoms with Crippen molar-refractivity contribution in [2.75, 3.05) is 68.7 Å². The highest BCUT2D eigenvalue weighted by Crippen LogP contribution is 2.37. The number of likely N-dealkylation sites (tertiary alicyclic amines) is 1. The van der Waals surface area contributed by atoms with Crippen LogP contribution >= 0.6 is 11.6 Å². The minimum Gasteiger partial charge on any atom is -0.490 e. The number of carbonyl (C=O) groups excluding carboxylic acids is 5. The maximum Gasteiger partial charge on any atom is 0.264 e. The van der Waals surface area contributed by atoms with Crippen molar-refractivity contribution in [3.63, 3.8) is 0 Å². The lowest BCUT2D eigenvalue weighted by atomic mass is 9.80. The number of nitriles is 1. The van der Waals surface area contributed by atoms with E-state index in [0.717, 1.165) is 74.9 Å². The summed E-state index contributed by atoms with van der Waals surface area (Å²) < 4.78 is 6.30. The van der Waals surface area contributed by atoms with Gasteiger partial charge in [-0.15, -0.1) is 0 Å². The zero-order valence-electron chi connectivity index (χ0n) is 32.9. The lowest BCUT2D eigenvalue weighted by molar-refractivity contribution is -0.136. The van der Waals surface area contributed by atoms with Crippen molar-refractivity contribution in [2.45, 2.75) is 58.1 Å². The molecule has 0 saturated carbocycles. The molecule has 8 rings (SSSR count). The van der Waals surface area contributed by atoms with Gasteiger partial charge < -0.3 is 19.4 Å². The molecule has 14 heteroatoms. The van der Waals surface area contributed by atoms with Crippen LogP contribution in [0.2, 0.25) is 5.02 Å². The summed E-state index contributed by atoms with van der Waals surface area (Å²) in [7, 11) is 0. The van der Waals surface area contributed by atoms with Gasteiger partial charge in [0, 0.05) is 94.5 Å². The Balaban J connectivity index is 0.799. The SMILES string of the molecule is CC1(C)CN(C(=O)c2ccc(N3CCN(CC4CCN(c5cccc6c5C(=O)N(C5CCC(=O)NC5=O)C6=O)CC4)CC3)cc2)CCC1Oc1ccc(C#N)c(Cl)c1. The third-order valence-corrected chi connectivity index (χ3v) is 12.8. The van der Waals surface area contributed by atoms with Crippen LogP contribution in [0.5, 0.6) is 5.75 Å². The van der Waals surface area contributed by atoms with Crippen LogP contribution in [-0.2, 0) is 9.59 Å². The third kappa shape index (κ3) is 7.75. The standard InChI is InChI=1S/C44H48ClN7O6/c1-44(2)27-51(19-16-37(44)58-32-11-8-30(25-46)34(45)24-32)41(55)29-6-9-31(10-7-29)49-22-20-48(21-23-49)26-28-14-17-50(18-15-28)35-5-3-4-33-39(35)43(57)52(42(33)56)36-12-13-38(53)47-40(36)54/h3-11,24,28,36-37H,12-23,26-27H2,1-2H3,(H,47,53,54). The molecule has 2 unspecified atom stereocenters. The predicted octanol–water partition coefficient (Wildman–Crippen LogP) is 4.97. The molecule has 5 amide bonds. The number of benzene rings is 3. The molecule has 58 heavy (non-hydrogen) atoms. The molecule has 3 aromatic rings. The van der Waals surface area contributed by atoms with Gasteiger partial charge in [-0.2, -0.15) is 5.26 Å².